The number of rotatable bonds is 11. The van der Waals surface area contributed by atoms with Crippen LogP contribution in [0.25, 0.3) is 0 Å². The Hall–Kier alpha value is -0.570. The van der Waals surface area contributed by atoms with Gasteiger partial charge in [-0.25, -0.2) is 0 Å². The van der Waals surface area contributed by atoms with Crippen molar-refractivity contribution < 1.29 is 15.0 Å². The van der Waals surface area contributed by atoms with Gasteiger partial charge in [0.15, 0.2) is 0 Å². The fourth-order valence-corrected chi connectivity index (χ4v) is 1.96. The molecular weight excluding hydrogens is 216 g/mol. The van der Waals surface area contributed by atoms with E-state index in [0.29, 0.717) is 6.42 Å². The molecule has 2 N–H and O–H groups in total. The van der Waals surface area contributed by atoms with Crippen molar-refractivity contribution in [3.8, 4) is 0 Å². The van der Waals surface area contributed by atoms with Crippen molar-refractivity contribution in [2.45, 2.75) is 77.7 Å². The Morgan fingerprint density at radius 1 is 1.06 bits per heavy atom. The van der Waals surface area contributed by atoms with Gasteiger partial charge in [0, 0.05) is 0 Å². The first-order valence-electron chi connectivity index (χ1n) is 6.98. The fraction of sp³-hybridized carbons (Fsp3) is 0.929. The van der Waals surface area contributed by atoms with Crippen molar-refractivity contribution in [1.29, 1.82) is 0 Å². The second-order valence-corrected chi connectivity index (χ2v) is 5.04. The summed E-state index contributed by atoms with van der Waals surface area (Å²) in [5, 5.41) is 18.4. The van der Waals surface area contributed by atoms with Gasteiger partial charge in [-0.2, -0.15) is 0 Å². The average molecular weight is 244 g/mol. The zero-order valence-corrected chi connectivity index (χ0v) is 11.3. The van der Waals surface area contributed by atoms with Gasteiger partial charge in [-0.3, -0.25) is 4.79 Å². The number of aliphatic hydroxyl groups is 1. The lowest BCUT2D eigenvalue weighted by atomic mass is 9.99. The van der Waals surface area contributed by atoms with Crippen molar-refractivity contribution in [1.82, 2.24) is 0 Å². The van der Waals surface area contributed by atoms with Gasteiger partial charge < -0.3 is 10.2 Å². The van der Waals surface area contributed by atoms with E-state index in [1.54, 1.807) is 6.92 Å². The first-order chi connectivity index (χ1) is 8.07. The Bertz CT molecular complexity index is 192. The van der Waals surface area contributed by atoms with Gasteiger partial charge >= 0.3 is 5.97 Å². The summed E-state index contributed by atoms with van der Waals surface area (Å²) in [5.74, 6) is -1.25. The van der Waals surface area contributed by atoms with Crippen LogP contribution in [0, 0.1) is 5.92 Å². The van der Waals surface area contributed by atoms with Gasteiger partial charge in [-0.05, 0) is 12.8 Å². The monoisotopic (exact) mass is 244 g/mol. The Kier molecular flexibility index (Phi) is 10.2. The molecule has 0 aromatic carbocycles. The molecule has 0 aliphatic rings. The number of aliphatic hydroxyl groups excluding tert-OH is 1. The van der Waals surface area contributed by atoms with Crippen LogP contribution in [-0.2, 0) is 4.79 Å². The molecule has 2 unspecified atom stereocenters. The van der Waals surface area contributed by atoms with Gasteiger partial charge in [0.25, 0.3) is 0 Å². The highest BCUT2D eigenvalue weighted by molar-refractivity contribution is 5.69. The second-order valence-electron chi connectivity index (χ2n) is 5.04. The summed E-state index contributed by atoms with van der Waals surface area (Å²) in [6.45, 7) is 3.86. The number of unbranched alkanes of at least 4 members (excludes halogenated alkanes) is 6. The molecule has 0 saturated heterocycles. The van der Waals surface area contributed by atoms with Crippen LogP contribution in [0.4, 0.5) is 0 Å². The molecule has 0 aliphatic carbocycles. The highest BCUT2D eigenvalue weighted by atomic mass is 16.4. The largest absolute Gasteiger partial charge is 0.481 e. The topological polar surface area (TPSA) is 57.5 Å². The Morgan fingerprint density at radius 3 is 2.12 bits per heavy atom. The SMILES string of the molecule is CCCCCCCCCC(O)CC(C)C(=O)O. The van der Waals surface area contributed by atoms with E-state index in [9.17, 15) is 9.90 Å². The van der Waals surface area contributed by atoms with Crippen LogP contribution < -0.4 is 0 Å². The van der Waals surface area contributed by atoms with E-state index in [2.05, 4.69) is 6.92 Å². The highest BCUT2D eigenvalue weighted by Crippen LogP contribution is 2.14. The molecular formula is C14H28O3. The lowest BCUT2D eigenvalue weighted by Gasteiger charge is -2.12. The van der Waals surface area contributed by atoms with Gasteiger partial charge in [-0.1, -0.05) is 58.8 Å². The van der Waals surface area contributed by atoms with E-state index in [4.69, 9.17) is 5.11 Å². The Morgan fingerprint density at radius 2 is 1.59 bits per heavy atom. The smallest absolute Gasteiger partial charge is 0.306 e. The standard InChI is InChI=1S/C14H28O3/c1-3-4-5-6-7-8-9-10-13(15)11-12(2)14(16)17/h12-13,15H,3-11H2,1-2H3,(H,16,17). The molecule has 3 nitrogen and oxygen atoms in total. The lowest BCUT2D eigenvalue weighted by Crippen LogP contribution is -2.18. The van der Waals surface area contributed by atoms with E-state index in [1.165, 1.54) is 32.1 Å². The predicted octanol–water partition coefficient (Wildman–Crippen LogP) is 3.60. The maximum Gasteiger partial charge on any atom is 0.306 e. The van der Waals surface area contributed by atoms with Crippen LogP contribution in [0.1, 0.15) is 71.6 Å². The summed E-state index contributed by atoms with van der Waals surface area (Å²) in [7, 11) is 0. The minimum absolute atomic E-state index is 0.380. The molecule has 102 valence electrons. The number of hydrogen-bond acceptors (Lipinski definition) is 2. The van der Waals surface area contributed by atoms with Crippen LogP contribution >= 0.6 is 0 Å². The number of carboxylic acids is 1. The molecule has 2 atom stereocenters. The molecule has 0 aromatic heterocycles. The van der Waals surface area contributed by atoms with Crippen molar-refractivity contribution in [2.75, 3.05) is 0 Å². The Labute approximate surface area is 105 Å². The zero-order chi connectivity index (χ0) is 13.1. The second kappa shape index (κ2) is 10.6. The van der Waals surface area contributed by atoms with E-state index in [-0.39, 0.29) is 0 Å². The molecule has 0 saturated carbocycles. The minimum Gasteiger partial charge on any atom is -0.481 e. The van der Waals surface area contributed by atoms with Gasteiger partial charge in [-0.15, -0.1) is 0 Å². The van der Waals surface area contributed by atoms with Crippen molar-refractivity contribution in [3.05, 3.63) is 0 Å². The van der Waals surface area contributed by atoms with Gasteiger partial charge in [0.05, 0.1) is 12.0 Å². The fourth-order valence-electron chi connectivity index (χ4n) is 1.96. The maximum absolute atomic E-state index is 10.6. The quantitative estimate of drug-likeness (QED) is 0.546. The van der Waals surface area contributed by atoms with E-state index in [1.807, 2.05) is 0 Å². The summed E-state index contributed by atoms with van der Waals surface area (Å²) in [4.78, 5) is 10.6. The minimum atomic E-state index is -0.816. The number of aliphatic carboxylic acids is 1. The summed E-state index contributed by atoms with van der Waals surface area (Å²) in [6, 6.07) is 0. The van der Waals surface area contributed by atoms with E-state index >= 15 is 0 Å². The first kappa shape index (κ1) is 16.4. The highest BCUT2D eigenvalue weighted by Gasteiger charge is 2.15. The van der Waals surface area contributed by atoms with Crippen LogP contribution in [0.3, 0.4) is 0 Å². The molecule has 0 aliphatic heterocycles. The third-order valence-corrected chi connectivity index (χ3v) is 3.19. The molecule has 0 amide bonds. The molecule has 0 radical (unpaired) electrons. The van der Waals surface area contributed by atoms with Crippen LogP contribution in [-0.4, -0.2) is 22.3 Å². The summed E-state index contributed by atoms with van der Waals surface area (Å²) in [5.41, 5.74) is 0. The maximum atomic E-state index is 10.6. The normalized spacial score (nSPS) is 14.5. The van der Waals surface area contributed by atoms with Crippen molar-refractivity contribution in [2.24, 2.45) is 5.92 Å². The summed E-state index contributed by atoms with van der Waals surface area (Å²) >= 11 is 0. The van der Waals surface area contributed by atoms with Crippen molar-refractivity contribution >= 4 is 5.97 Å². The molecule has 0 rings (SSSR count). The van der Waals surface area contributed by atoms with Gasteiger partial charge in [0.2, 0.25) is 0 Å². The molecule has 3 heteroatoms. The average Bonchev–Trinajstić information content (AvgIpc) is 2.27. The van der Waals surface area contributed by atoms with E-state index < -0.39 is 18.0 Å². The van der Waals surface area contributed by atoms with Crippen LogP contribution in [0.2, 0.25) is 0 Å². The number of carbonyl (C=O) groups is 1. The number of carboxylic acid groups (broad SMARTS) is 1. The molecule has 17 heavy (non-hydrogen) atoms. The van der Waals surface area contributed by atoms with Crippen LogP contribution in [0.15, 0.2) is 0 Å². The third kappa shape index (κ3) is 10.3. The molecule has 0 heterocycles. The van der Waals surface area contributed by atoms with Crippen molar-refractivity contribution in [3.63, 3.8) is 0 Å². The molecule has 0 aromatic rings. The summed E-state index contributed by atoms with van der Waals surface area (Å²) < 4.78 is 0. The summed E-state index contributed by atoms with van der Waals surface area (Å²) in [6.07, 6.45) is 9.27. The first-order valence-corrected chi connectivity index (χ1v) is 6.98. The zero-order valence-electron chi connectivity index (χ0n) is 11.3. The predicted molar refractivity (Wildman–Crippen MR) is 70.0 cm³/mol. The molecule has 0 spiro atoms. The molecule has 0 bridgehead atoms. The van der Waals surface area contributed by atoms with Crippen LogP contribution in [0.5, 0.6) is 0 Å². The van der Waals surface area contributed by atoms with E-state index in [0.717, 1.165) is 19.3 Å². The molecule has 0 fully saturated rings. The number of hydrogen-bond donors (Lipinski definition) is 2. The van der Waals surface area contributed by atoms with Gasteiger partial charge in [0.1, 0.15) is 0 Å². The Balaban J connectivity index is 3.33. The lowest BCUT2D eigenvalue weighted by molar-refractivity contribution is -0.142. The third-order valence-electron chi connectivity index (χ3n) is 3.19.